The Morgan fingerprint density at radius 3 is 2.64 bits per heavy atom. The lowest BCUT2D eigenvalue weighted by Gasteiger charge is -2.39. The Morgan fingerprint density at radius 1 is 1.14 bits per heavy atom. The van der Waals surface area contributed by atoms with Crippen LogP contribution in [0.1, 0.15) is 48.8 Å². The number of halogens is 1. The summed E-state index contributed by atoms with van der Waals surface area (Å²) in [5, 5.41) is 4.32. The molecule has 4 rings (SSSR count). The first kappa shape index (κ1) is 25.9. The molecular weight excluding hydrogens is 520 g/mol. The predicted molar refractivity (Wildman–Crippen MR) is 143 cm³/mol. The van der Waals surface area contributed by atoms with Gasteiger partial charge in [-0.2, -0.15) is 5.10 Å². The minimum absolute atomic E-state index is 0.0354. The molecule has 0 radical (unpaired) electrons. The van der Waals surface area contributed by atoms with Crippen molar-refractivity contribution in [2.24, 2.45) is 5.92 Å². The van der Waals surface area contributed by atoms with Crippen molar-refractivity contribution in [3.05, 3.63) is 82.6 Å². The molecule has 2 amide bonds. The molecule has 7 nitrogen and oxygen atoms in total. The molecule has 3 aromatic rings. The van der Waals surface area contributed by atoms with Gasteiger partial charge in [-0.15, -0.1) is 0 Å². The van der Waals surface area contributed by atoms with E-state index in [2.05, 4.69) is 21.0 Å². The summed E-state index contributed by atoms with van der Waals surface area (Å²) in [6, 6.07) is 19.5. The first-order valence-corrected chi connectivity index (χ1v) is 13.1. The summed E-state index contributed by atoms with van der Waals surface area (Å²) in [4.78, 5) is 30.3. The quantitative estimate of drug-likeness (QED) is 0.386. The summed E-state index contributed by atoms with van der Waals surface area (Å²) in [7, 11) is 1.83. The number of likely N-dealkylation sites (tertiary alicyclic amines) is 1. The molecule has 1 fully saturated rings. The van der Waals surface area contributed by atoms with Gasteiger partial charge in [0, 0.05) is 62.2 Å². The Balaban J connectivity index is 1.50. The van der Waals surface area contributed by atoms with Gasteiger partial charge in [0.1, 0.15) is 17.5 Å². The summed E-state index contributed by atoms with van der Waals surface area (Å²) in [6.07, 6.45) is 2.44. The summed E-state index contributed by atoms with van der Waals surface area (Å²) >= 11 is 3.50. The molecule has 0 aliphatic carbocycles. The summed E-state index contributed by atoms with van der Waals surface area (Å²) in [6.45, 7) is 5.56. The normalized spacial score (nSPS) is 17.8. The second-order valence-corrected chi connectivity index (χ2v) is 10.5. The van der Waals surface area contributed by atoms with Crippen LogP contribution in [0.25, 0.3) is 0 Å². The maximum absolute atomic E-state index is 13.4. The van der Waals surface area contributed by atoms with Crippen molar-refractivity contribution in [2.75, 3.05) is 20.1 Å². The highest BCUT2D eigenvalue weighted by molar-refractivity contribution is 9.10. The van der Waals surface area contributed by atoms with Gasteiger partial charge in [0.15, 0.2) is 0 Å². The second kappa shape index (κ2) is 11.7. The number of rotatable bonds is 8. The van der Waals surface area contributed by atoms with E-state index in [1.807, 2.05) is 80.4 Å². The maximum atomic E-state index is 13.4. The molecule has 8 heteroatoms. The van der Waals surface area contributed by atoms with E-state index in [0.717, 1.165) is 15.8 Å². The second-order valence-electron chi connectivity index (χ2n) is 9.61. The highest BCUT2D eigenvalue weighted by Crippen LogP contribution is 2.29. The topological polar surface area (TPSA) is 67.7 Å². The number of ether oxygens (including phenoxy) is 1. The Morgan fingerprint density at radius 2 is 1.92 bits per heavy atom. The van der Waals surface area contributed by atoms with Crippen molar-refractivity contribution in [3.63, 3.8) is 0 Å². The number of carbonyl (C=O) groups is 2. The zero-order valence-electron chi connectivity index (χ0n) is 21.0. The average Bonchev–Trinajstić information content (AvgIpc) is 3.36. The Kier molecular flexibility index (Phi) is 8.46. The summed E-state index contributed by atoms with van der Waals surface area (Å²) in [5.74, 6) is 0.593. The number of amides is 2. The molecule has 2 heterocycles. The fourth-order valence-electron chi connectivity index (χ4n) is 4.64. The summed E-state index contributed by atoms with van der Waals surface area (Å²) < 4.78 is 9.06. The van der Waals surface area contributed by atoms with Crippen molar-refractivity contribution >= 4 is 27.7 Å². The lowest BCUT2D eigenvalue weighted by Crippen LogP contribution is -2.49. The largest absolute Gasteiger partial charge is 0.490 e. The van der Waals surface area contributed by atoms with Crippen LogP contribution in [-0.4, -0.2) is 57.6 Å². The van der Waals surface area contributed by atoms with Crippen LogP contribution in [-0.2, 0) is 11.3 Å². The molecule has 1 aromatic heterocycles. The Labute approximate surface area is 221 Å². The van der Waals surface area contributed by atoms with Gasteiger partial charge in [-0.25, -0.2) is 0 Å². The van der Waals surface area contributed by atoms with Gasteiger partial charge in [0.25, 0.3) is 5.91 Å². The van der Waals surface area contributed by atoms with E-state index in [-0.39, 0.29) is 29.9 Å². The molecule has 0 unspecified atom stereocenters. The zero-order chi connectivity index (χ0) is 25.7. The number of aromatic nitrogens is 2. The van der Waals surface area contributed by atoms with E-state index in [1.54, 1.807) is 21.8 Å². The molecule has 0 saturated carbocycles. The highest BCUT2D eigenvalue weighted by atomic mass is 79.9. The highest BCUT2D eigenvalue weighted by Gasteiger charge is 2.36. The lowest BCUT2D eigenvalue weighted by molar-refractivity contribution is -0.133. The molecule has 190 valence electrons. The van der Waals surface area contributed by atoms with E-state index >= 15 is 0 Å². The third-order valence-electron chi connectivity index (χ3n) is 6.54. The van der Waals surface area contributed by atoms with Crippen LogP contribution in [0.4, 0.5) is 0 Å². The van der Waals surface area contributed by atoms with Crippen molar-refractivity contribution in [1.82, 2.24) is 19.6 Å². The van der Waals surface area contributed by atoms with Crippen LogP contribution in [0.15, 0.2) is 71.3 Å². The summed E-state index contributed by atoms with van der Waals surface area (Å²) in [5.41, 5.74) is 1.65. The monoisotopic (exact) mass is 552 g/mol. The van der Waals surface area contributed by atoms with E-state index in [9.17, 15) is 9.59 Å². The number of benzene rings is 2. The first-order valence-electron chi connectivity index (χ1n) is 12.3. The molecule has 1 saturated heterocycles. The molecule has 1 aliphatic heterocycles. The van der Waals surface area contributed by atoms with Crippen LogP contribution in [0.5, 0.6) is 5.75 Å². The molecule has 36 heavy (non-hydrogen) atoms. The Bertz CT molecular complexity index is 1180. The van der Waals surface area contributed by atoms with E-state index in [0.29, 0.717) is 38.2 Å². The number of nitrogens with zero attached hydrogens (tertiary/aromatic N) is 4. The molecule has 0 bridgehead atoms. The van der Waals surface area contributed by atoms with Gasteiger partial charge in [-0.1, -0.05) is 52.3 Å². The number of hydrogen-bond donors (Lipinski definition) is 0. The van der Waals surface area contributed by atoms with E-state index < -0.39 is 0 Å². The molecule has 2 atom stereocenters. The zero-order valence-corrected chi connectivity index (χ0v) is 22.6. The molecule has 0 spiro atoms. The third kappa shape index (κ3) is 6.35. The van der Waals surface area contributed by atoms with Gasteiger partial charge in [0.05, 0.1) is 0 Å². The average molecular weight is 554 g/mol. The van der Waals surface area contributed by atoms with Crippen LogP contribution in [0, 0.1) is 5.92 Å². The van der Waals surface area contributed by atoms with Crippen LogP contribution >= 0.6 is 15.9 Å². The lowest BCUT2D eigenvalue weighted by atomic mass is 9.90. The van der Waals surface area contributed by atoms with Crippen LogP contribution in [0.3, 0.4) is 0 Å². The fraction of sp³-hybridized carbons (Fsp3) is 0.393. The SMILES string of the molecule is CC(C)n1nccc1C(=O)N1CC[C@H](Oc2cccc(Br)c2)[C@@H](CC(=O)N(C)Cc2ccccc2)C1. The number of carbonyl (C=O) groups excluding carboxylic acids is 2. The number of hydrogen-bond acceptors (Lipinski definition) is 4. The molecule has 1 aliphatic rings. The van der Waals surface area contributed by atoms with Gasteiger partial charge in [-0.05, 0) is 43.7 Å². The van der Waals surface area contributed by atoms with Gasteiger partial charge in [-0.3, -0.25) is 14.3 Å². The van der Waals surface area contributed by atoms with Crippen molar-refractivity contribution in [3.8, 4) is 5.75 Å². The van der Waals surface area contributed by atoms with Crippen LogP contribution in [0.2, 0.25) is 0 Å². The van der Waals surface area contributed by atoms with Crippen LogP contribution < -0.4 is 4.74 Å². The number of piperidine rings is 1. The standard InChI is InChI=1S/C28H33BrN4O3/c1-20(2)33-25(12-14-30-33)28(35)32-15-13-26(36-24-11-7-10-23(29)17-24)22(19-32)16-27(34)31(3)18-21-8-5-4-6-9-21/h4-12,14,17,20,22,26H,13,15-16,18-19H2,1-3H3/t22-,26-/m0/s1. The fourth-order valence-corrected chi connectivity index (χ4v) is 5.02. The van der Waals surface area contributed by atoms with E-state index in [4.69, 9.17) is 4.74 Å². The Hall–Kier alpha value is -3.13. The van der Waals surface area contributed by atoms with Gasteiger partial charge in [0.2, 0.25) is 5.91 Å². The van der Waals surface area contributed by atoms with Crippen molar-refractivity contribution < 1.29 is 14.3 Å². The molecule has 2 aromatic carbocycles. The van der Waals surface area contributed by atoms with Crippen molar-refractivity contribution in [1.29, 1.82) is 0 Å². The third-order valence-corrected chi connectivity index (χ3v) is 7.03. The minimum Gasteiger partial charge on any atom is -0.490 e. The first-order chi connectivity index (χ1) is 17.3. The smallest absolute Gasteiger partial charge is 0.272 e. The van der Waals surface area contributed by atoms with Gasteiger partial charge >= 0.3 is 0 Å². The van der Waals surface area contributed by atoms with Crippen molar-refractivity contribution in [2.45, 2.75) is 45.4 Å². The minimum atomic E-state index is -0.174. The van der Waals surface area contributed by atoms with Gasteiger partial charge < -0.3 is 14.5 Å². The predicted octanol–water partition coefficient (Wildman–Crippen LogP) is 5.18. The maximum Gasteiger partial charge on any atom is 0.272 e. The molecule has 0 N–H and O–H groups in total. The molecular formula is C28H33BrN4O3. The van der Waals surface area contributed by atoms with E-state index in [1.165, 1.54) is 0 Å².